The fourth-order valence-corrected chi connectivity index (χ4v) is 1.61. The summed E-state index contributed by atoms with van der Waals surface area (Å²) in [4.78, 5) is 14.4. The Balaban J connectivity index is -0.000000810. The van der Waals surface area contributed by atoms with Gasteiger partial charge in [-0.2, -0.15) is 0 Å². The monoisotopic (exact) mass is 316 g/mol. The van der Waals surface area contributed by atoms with Crippen molar-refractivity contribution in [2.45, 2.75) is 24.5 Å². The van der Waals surface area contributed by atoms with E-state index in [0.717, 1.165) is 11.0 Å². The molecule has 126 valence electrons. The van der Waals surface area contributed by atoms with Gasteiger partial charge in [-0.15, -0.1) is 5.10 Å². The first kappa shape index (κ1) is 24.3. The van der Waals surface area contributed by atoms with Crippen LogP contribution in [0.2, 0.25) is 0 Å². The molecule has 1 aromatic heterocycles. The van der Waals surface area contributed by atoms with Crippen LogP contribution in [0.3, 0.4) is 0 Å². The number of carbonyl (C=O) groups excluding carboxylic acids is 1. The van der Waals surface area contributed by atoms with Crippen molar-refractivity contribution in [2.75, 3.05) is 6.61 Å². The molecule has 4 atom stereocenters. The average Bonchev–Trinajstić information content (AvgIpc) is 2.87. The topological polar surface area (TPSA) is 270 Å². The van der Waals surface area contributed by atoms with Gasteiger partial charge in [0.1, 0.15) is 24.6 Å². The molecule has 0 unspecified atom stereocenters. The third-order valence-corrected chi connectivity index (χ3v) is 2.51. The average molecular weight is 316 g/mol. The molecule has 1 saturated heterocycles. The Morgan fingerprint density at radius 3 is 2.24 bits per heavy atom. The summed E-state index contributed by atoms with van der Waals surface area (Å²) in [5, 5.41) is 31.8. The van der Waals surface area contributed by atoms with Crippen LogP contribution >= 0.6 is 0 Å². The number of rotatable bonds is 3. The summed E-state index contributed by atoms with van der Waals surface area (Å²) in [5.74, 6) is -1.03. The second-order valence-electron chi connectivity index (χ2n) is 3.64. The first-order chi connectivity index (χ1) is 8.04. The molecule has 2 heterocycles. The second kappa shape index (κ2) is 9.27. The molecule has 13 N–H and O–H groups in total. The smallest absolute Gasteiger partial charge is 0.288 e. The van der Waals surface area contributed by atoms with Crippen molar-refractivity contribution in [1.29, 1.82) is 0 Å². The molecule has 13 heteroatoms. The van der Waals surface area contributed by atoms with Crippen molar-refractivity contribution in [3.05, 3.63) is 12.2 Å². The van der Waals surface area contributed by atoms with Gasteiger partial charge in [0.05, 0.1) is 6.61 Å². The first-order valence-electron chi connectivity index (χ1n) is 4.88. The van der Waals surface area contributed by atoms with E-state index in [1.54, 1.807) is 0 Å². The summed E-state index contributed by atoms with van der Waals surface area (Å²) < 4.78 is 6.25. The van der Waals surface area contributed by atoms with Gasteiger partial charge in [0.25, 0.3) is 5.91 Å². The predicted molar refractivity (Wildman–Crippen MR) is 66.0 cm³/mol. The molecule has 1 fully saturated rings. The van der Waals surface area contributed by atoms with Gasteiger partial charge >= 0.3 is 0 Å². The lowest BCUT2D eigenvalue weighted by Gasteiger charge is -2.13. The molecule has 0 aliphatic carbocycles. The van der Waals surface area contributed by atoms with Gasteiger partial charge in [-0.1, -0.05) is 0 Å². The van der Waals surface area contributed by atoms with Crippen LogP contribution in [0.5, 0.6) is 0 Å². The van der Waals surface area contributed by atoms with Gasteiger partial charge in [0.2, 0.25) is 5.82 Å². The Hall–Kier alpha value is -1.71. The largest absolute Gasteiger partial charge is 0.412 e. The number of amides is 1. The van der Waals surface area contributed by atoms with Crippen molar-refractivity contribution in [2.24, 2.45) is 5.73 Å². The van der Waals surface area contributed by atoms with Crippen molar-refractivity contribution in [3.63, 3.8) is 0 Å². The highest BCUT2D eigenvalue weighted by Crippen LogP contribution is 2.28. The fraction of sp³-hybridized carbons (Fsp3) is 0.625. The maximum atomic E-state index is 10.8. The summed E-state index contributed by atoms with van der Waals surface area (Å²) in [6, 6.07) is 0. The number of nitrogens with two attached hydrogens (primary N) is 1. The molecule has 0 saturated carbocycles. The van der Waals surface area contributed by atoms with E-state index >= 15 is 0 Å². The normalized spacial score (nSPS) is 26.6. The van der Waals surface area contributed by atoms with Gasteiger partial charge in [-0.3, -0.25) is 4.79 Å². The lowest BCUT2D eigenvalue weighted by molar-refractivity contribution is -0.0588. The Bertz CT molecular complexity index is 428. The zero-order valence-corrected chi connectivity index (χ0v) is 10.7. The van der Waals surface area contributed by atoms with E-state index in [9.17, 15) is 15.0 Å². The molecule has 2 rings (SSSR count). The number of aliphatic hydroxyl groups is 3. The molecule has 1 amide bonds. The van der Waals surface area contributed by atoms with E-state index in [1.807, 2.05) is 0 Å². The van der Waals surface area contributed by atoms with Gasteiger partial charge in [0, 0.05) is 0 Å². The lowest BCUT2D eigenvalue weighted by atomic mass is 10.1. The van der Waals surface area contributed by atoms with Crippen LogP contribution in [0.25, 0.3) is 0 Å². The second-order valence-corrected chi connectivity index (χ2v) is 3.64. The Labute approximate surface area is 117 Å². The molecular formula is C8H20N4O9. The zero-order chi connectivity index (χ0) is 12.6. The van der Waals surface area contributed by atoms with Gasteiger partial charge in [-0.25, -0.2) is 9.67 Å². The van der Waals surface area contributed by atoms with Gasteiger partial charge in [-0.05, 0) is 0 Å². The molecule has 0 radical (unpaired) electrons. The van der Waals surface area contributed by atoms with Crippen LogP contribution in [0.4, 0.5) is 0 Å². The van der Waals surface area contributed by atoms with Crippen LogP contribution < -0.4 is 5.73 Å². The first-order valence-corrected chi connectivity index (χ1v) is 4.88. The highest BCUT2D eigenvalue weighted by Gasteiger charge is 2.43. The highest BCUT2D eigenvalue weighted by molar-refractivity contribution is 5.88. The number of nitrogens with zero attached hydrogens (tertiary/aromatic N) is 3. The standard InChI is InChI=1S/C8H12N4O5.4H2O/c9-6(16)7-10-2-12(11-7)8-5(15)4(14)3(1-13)17-8;;;;/h2-5,8,13-15H,1H2,(H2,9,16);4*1H2/t3-,4-,5-,8-;;;;/m1..../s1. The quantitative estimate of drug-likeness (QED) is 0.418. The van der Waals surface area contributed by atoms with E-state index in [2.05, 4.69) is 10.1 Å². The molecule has 0 spiro atoms. The van der Waals surface area contributed by atoms with E-state index < -0.39 is 37.1 Å². The number of ether oxygens (including phenoxy) is 1. The molecule has 0 aromatic carbocycles. The minimum atomic E-state index is -1.27. The van der Waals surface area contributed by atoms with E-state index in [-0.39, 0.29) is 27.7 Å². The summed E-state index contributed by atoms with van der Waals surface area (Å²) in [7, 11) is 0. The molecule has 21 heavy (non-hydrogen) atoms. The number of hydrogen-bond donors (Lipinski definition) is 4. The molecule has 1 aliphatic rings. The summed E-state index contributed by atoms with van der Waals surface area (Å²) in [6.07, 6.45) is -3.26. The molecule has 1 aliphatic heterocycles. The van der Waals surface area contributed by atoms with Crippen molar-refractivity contribution >= 4 is 5.91 Å². The van der Waals surface area contributed by atoms with Crippen molar-refractivity contribution < 1.29 is 46.8 Å². The van der Waals surface area contributed by atoms with Crippen molar-refractivity contribution in [1.82, 2.24) is 14.8 Å². The number of primary amides is 1. The molecule has 1 aromatic rings. The van der Waals surface area contributed by atoms with Gasteiger partial charge in [0.15, 0.2) is 6.23 Å². The van der Waals surface area contributed by atoms with Crippen LogP contribution in [0, 0.1) is 0 Å². The highest BCUT2D eigenvalue weighted by atomic mass is 16.6. The van der Waals surface area contributed by atoms with E-state index in [0.29, 0.717) is 0 Å². The number of hydrogen-bond acceptors (Lipinski definition) is 7. The van der Waals surface area contributed by atoms with Crippen LogP contribution in [-0.2, 0) is 4.74 Å². The maximum Gasteiger partial charge on any atom is 0.288 e. The Kier molecular flexibility index (Phi) is 10.7. The van der Waals surface area contributed by atoms with Gasteiger partial charge < -0.3 is 47.7 Å². The predicted octanol–water partition coefficient (Wildman–Crippen LogP) is -6.31. The molecular weight excluding hydrogens is 296 g/mol. The zero-order valence-electron chi connectivity index (χ0n) is 10.7. The van der Waals surface area contributed by atoms with Crippen molar-refractivity contribution in [3.8, 4) is 0 Å². The summed E-state index contributed by atoms with van der Waals surface area (Å²) >= 11 is 0. The fourth-order valence-electron chi connectivity index (χ4n) is 1.61. The maximum absolute atomic E-state index is 10.8. The minimum absolute atomic E-state index is 0. The summed E-state index contributed by atoms with van der Waals surface area (Å²) in [6.45, 7) is -0.438. The minimum Gasteiger partial charge on any atom is -0.412 e. The van der Waals surface area contributed by atoms with Crippen LogP contribution in [-0.4, -0.2) is 82.8 Å². The van der Waals surface area contributed by atoms with Crippen LogP contribution in [0.15, 0.2) is 6.33 Å². The number of carbonyl (C=O) groups is 1. The van der Waals surface area contributed by atoms with E-state index in [4.69, 9.17) is 15.6 Å². The van der Waals surface area contributed by atoms with Crippen LogP contribution in [0.1, 0.15) is 16.8 Å². The Morgan fingerprint density at radius 1 is 1.29 bits per heavy atom. The van der Waals surface area contributed by atoms with E-state index in [1.165, 1.54) is 0 Å². The third-order valence-electron chi connectivity index (χ3n) is 2.51. The SMILES string of the molecule is NC(=O)c1ncn([C@@H]2O[C@H](CO)[C@@H](O)[C@H]2O)n1.O.O.O.O. The molecule has 13 nitrogen and oxygen atoms in total. The number of aliphatic hydroxyl groups excluding tert-OH is 3. The Morgan fingerprint density at radius 2 is 1.86 bits per heavy atom. The summed E-state index contributed by atoms with van der Waals surface area (Å²) in [5.41, 5.74) is 4.97. The number of aromatic nitrogens is 3. The third kappa shape index (κ3) is 4.38. The lowest BCUT2D eigenvalue weighted by Crippen LogP contribution is -2.33. The molecule has 0 bridgehead atoms.